The minimum Gasteiger partial charge on any atom is -0.507 e. The molecule has 0 bridgehead atoms. The Labute approximate surface area is 109 Å². The van der Waals surface area contributed by atoms with Gasteiger partial charge < -0.3 is 10.2 Å². The number of carboxylic acid groups (broad SMARTS) is 1. The predicted octanol–water partition coefficient (Wildman–Crippen LogP) is 3.48. The van der Waals surface area contributed by atoms with Crippen molar-refractivity contribution in [3.8, 4) is 16.9 Å². The standard InChI is InChI=1S/C14H12O3S/c1-18-11-5-2-9(3-6-11)12-7-4-10(14(16)17)8-13(12)15/h2-8,15H,1H3,(H,16,17). The molecule has 0 aliphatic carbocycles. The lowest BCUT2D eigenvalue weighted by Crippen LogP contribution is -1.95. The van der Waals surface area contributed by atoms with Crippen molar-refractivity contribution in [1.82, 2.24) is 0 Å². The van der Waals surface area contributed by atoms with E-state index in [4.69, 9.17) is 5.11 Å². The number of hydrogen-bond donors (Lipinski definition) is 2. The topological polar surface area (TPSA) is 57.5 Å². The van der Waals surface area contributed by atoms with E-state index in [2.05, 4.69) is 0 Å². The Hall–Kier alpha value is -1.94. The van der Waals surface area contributed by atoms with Crippen LogP contribution in [0.5, 0.6) is 5.75 Å². The molecule has 0 heterocycles. The summed E-state index contributed by atoms with van der Waals surface area (Å²) in [6, 6.07) is 12.1. The smallest absolute Gasteiger partial charge is 0.335 e. The molecule has 18 heavy (non-hydrogen) atoms. The number of phenols is 1. The Morgan fingerprint density at radius 1 is 1.11 bits per heavy atom. The normalized spacial score (nSPS) is 10.3. The van der Waals surface area contributed by atoms with E-state index in [1.54, 1.807) is 17.8 Å². The number of aromatic carboxylic acids is 1. The first-order valence-corrected chi connectivity index (χ1v) is 6.55. The van der Waals surface area contributed by atoms with E-state index in [1.165, 1.54) is 12.1 Å². The van der Waals surface area contributed by atoms with Crippen LogP contribution in [0.1, 0.15) is 10.4 Å². The van der Waals surface area contributed by atoms with Gasteiger partial charge in [-0.1, -0.05) is 12.1 Å². The van der Waals surface area contributed by atoms with Gasteiger partial charge >= 0.3 is 5.97 Å². The summed E-state index contributed by atoms with van der Waals surface area (Å²) in [6.07, 6.45) is 1.99. The van der Waals surface area contributed by atoms with Crippen LogP contribution in [0.15, 0.2) is 47.4 Å². The number of aromatic hydroxyl groups is 1. The Bertz CT molecular complexity index is 576. The molecule has 2 aromatic rings. The predicted molar refractivity (Wildman–Crippen MR) is 72.3 cm³/mol. The average molecular weight is 260 g/mol. The van der Waals surface area contributed by atoms with E-state index in [9.17, 15) is 9.90 Å². The summed E-state index contributed by atoms with van der Waals surface area (Å²) < 4.78 is 0. The molecule has 0 saturated carbocycles. The molecule has 2 aromatic carbocycles. The zero-order chi connectivity index (χ0) is 13.1. The van der Waals surface area contributed by atoms with Crippen molar-refractivity contribution in [2.45, 2.75) is 4.90 Å². The molecule has 0 aromatic heterocycles. The highest BCUT2D eigenvalue weighted by atomic mass is 32.2. The first-order chi connectivity index (χ1) is 8.61. The number of carbonyl (C=O) groups is 1. The summed E-state index contributed by atoms with van der Waals surface area (Å²) in [6.45, 7) is 0. The molecule has 3 nitrogen and oxygen atoms in total. The minimum absolute atomic E-state index is 0.0215. The van der Waals surface area contributed by atoms with Gasteiger partial charge in [-0.3, -0.25) is 0 Å². The van der Waals surface area contributed by atoms with E-state index in [-0.39, 0.29) is 11.3 Å². The number of carboxylic acids is 1. The number of benzene rings is 2. The fourth-order valence-corrected chi connectivity index (χ4v) is 2.09. The lowest BCUT2D eigenvalue weighted by Gasteiger charge is -2.06. The summed E-state index contributed by atoms with van der Waals surface area (Å²) in [5.41, 5.74) is 1.58. The summed E-state index contributed by atoms with van der Waals surface area (Å²) in [7, 11) is 0. The number of phenolic OH excluding ortho intramolecular Hbond substituents is 1. The van der Waals surface area contributed by atoms with Gasteiger partial charge in [-0.05, 0) is 42.2 Å². The second-order valence-corrected chi connectivity index (χ2v) is 4.65. The molecule has 2 N–H and O–H groups in total. The zero-order valence-corrected chi connectivity index (χ0v) is 10.6. The zero-order valence-electron chi connectivity index (χ0n) is 9.75. The van der Waals surface area contributed by atoms with Crippen molar-refractivity contribution in [3.05, 3.63) is 48.0 Å². The van der Waals surface area contributed by atoms with Crippen molar-refractivity contribution >= 4 is 17.7 Å². The maximum atomic E-state index is 10.8. The molecule has 0 fully saturated rings. The van der Waals surface area contributed by atoms with Gasteiger partial charge in [-0.2, -0.15) is 0 Å². The fourth-order valence-electron chi connectivity index (χ4n) is 1.68. The van der Waals surface area contributed by atoms with Gasteiger partial charge in [0.25, 0.3) is 0 Å². The largest absolute Gasteiger partial charge is 0.507 e. The third kappa shape index (κ3) is 2.49. The first kappa shape index (κ1) is 12.5. The lowest BCUT2D eigenvalue weighted by atomic mass is 10.0. The first-order valence-electron chi connectivity index (χ1n) is 5.32. The molecule has 0 unspecified atom stereocenters. The van der Waals surface area contributed by atoms with Crippen molar-refractivity contribution in [2.24, 2.45) is 0 Å². The molecule has 0 radical (unpaired) electrons. The number of rotatable bonds is 3. The van der Waals surface area contributed by atoms with Crippen molar-refractivity contribution in [3.63, 3.8) is 0 Å². The maximum Gasteiger partial charge on any atom is 0.335 e. The Morgan fingerprint density at radius 2 is 1.78 bits per heavy atom. The van der Waals surface area contributed by atoms with Crippen molar-refractivity contribution < 1.29 is 15.0 Å². The van der Waals surface area contributed by atoms with E-state index in [1.807, 2.05) is 30.5 Å². The lowest BCUT2D eigenvalue weighted by molar-refractivity contribution is 0.0696. The monoisotopic (exact) mass is 260 g/mol. The molecular weight excluding hydrogens is 248 g/mol. The van der Waals surface area contributed by atoms with Gasteiger partial charge in [-0.15, -0.1) is 11.8 Å². The van der Waals surface area contributed by atoms with Crippen molar-refractivity contribution in [1.29, 1.82) is 0 Å². The molecule has 92 valence electrons. The van der Waals surface area contributed by atoms with Crippen LogP contribution in [-0.2, 0) is 0 Å². The molecule has 0 atom stereocenters. The molecule has 0 spiro atoms. The highest BCUT2D eigenvalue weighted by Gasteiger charge is 2.09. The molecular formula is C14H12O3S. The minimum atomic E-state index is -1.05. The number of hydrogen-bond acceptors (Lipinski definition) is 3. The van der Waals surface area contributed by atoms with Crippen LogP contribution < -0.4 is 0 Å². The summed E-state index contributed by atoms with van der Waals surface area (Å²) in [5, 5.41) is 18.7. The number of thioether (sulfide) groups is 1. The third-order valence-corrected chi connectivity index (χ3v) is 3.39. The van der Waals surface area contributed by atoms with E-state index in [0.29, 0.717) is 5.56 Å². The van der Waals surface area contributed by atoms with E-state index >= 15 is 0 Å². The molecule has 0 saturated heterocycles. The Balaban J connectivity index is 2.41. The quantitative estimate of drug-likeness (QED) is 0.829. The van der Waals surface area contributed by atoms with Crippen LogP contribution in [0.3, 0.4) is 0 Å². The van der Waals surface area contributed by atoms with Crippen LogP contribution >= 0.6 is 11.8 Å². The fraction of sp³-hybridized carbons (Fsp3) is 0.0714. The van der Waals surface area contributed by atoms with E-state index in [0.717, 1.165) is 10.5 Å². The highest BCUT2D eigenvalue weighted by molar-refractivity contribution is 7.98. The van der Waals surface area contributed by atoms with E-state index < -0.39 is 5.97 Å². The van der Waals surface area contributed by atoms with Crippen LogP contribution in [0.4, 0.5) is 0 Å². The SMILES string of the molecule is CSc1ccc(-c2ccc(C(=O)O)cc2O)cc1. The van der Waals surface area contributed by atoms with Crippen molar-refractivity contribution in [2.75, 3.05) is 6.26 Å². The summed E-state index contributed by atoms with van der Waals surface area (Å²) in [5.74, 6) is -1.07. The van der Waals surface area contributed by atoms with Crippen LogP contribution in [-0.4, -0.2) is 22.4 Å². The second kappa shape index (κ2) is 5.14. The Morgan fingerprint density at radius 3 is 2.28 bits per heavy atom. The third-order valence-electron chi connectivity index (χ3n) is 2.65. The molecule has 0 amide bonds. The van der Waals surface area contributed by atoms with Gasteiger partial charge in [-0.25, -0.2) is 4.79 Å². The molecule has 4 heteroatoms. The molecule has 0 aliphatic heterocycles. The molecule has 0 aliphatic rings. The molecule has 2 rings (SSSR count). The summed E-state index contributed by atoms with van der Waals surface area (Å²) in [4.78, 5) is 11.9. The highest BCUT2D eigenvalue weighted by Crippen LogP contribution is 2.31. The van der Waals surface area contributed by atoms with Crippen LogP contribution in [0, 0.1) is 0 Å². The van der Waals surface area contributed by atoms with Gasteiger partial charge in [0.1, 0.15) is 5.75 Å². The Kier molecular flexibility index (Phi) is 3.58. The second-order valence-electron chi connectivity index (χ2n) is 3.77. The van der Waals surface area contributed by atoms with Crippen LogP contribution in [0.2, 0.25) is 0 Å². The van der Waals surface area contributed by atoms with Gasteiger partial charge in [0.15, 0.2) is 0 Å². The van der Waals surface area contributed by atoms with Gasteiger partial charge in [0.05, 0.1) is 5.56 Å². The maximum absolute atomic E-state index is 10.8. The average Bonchev–Trinajstić information content (AvgIpc) is 2.38. The van der Waals surface area contributed by atoms with Gasteiger partial charge in [0, 0.05) is 10.5 Å². The van der Waals surface area contributed by atoms with Crippen LogP contribution in [0.25, 0.3) is 11.1 Å². The van der Waals surface area contributed by atoms with Gasteiger partial charge in [0.2, 0.25) is 0 Å². The summed E-state index contributed by atoms with van der Waals surface area (Å²) >= 11 is 1.64.